The van der Waals surface area contributed by atoms with Crippen molar-refractivity contribution in [2.45, 2.75) is 65.0 Å². The molecule has 8 N–H and O–H groups in total. The summed E-state index contributed by atoms with van der Waals surface area (Å²) in [4.78, 5) is 53.6. The number of rotatable bonds is 12. The molecule has 2 bridgehead atoms. The maximum atomic E-state index is 14.0. The van der Waals surface area contributed by atoms with Gasteiger partial charge in [-0.2, -0.15) is 10.5 Å². The van der Waals surface area contributed by atoms with Gasteiger partial charge in [-0.05, 0) is 132 Å². The number of benzene rings is 3. The minimum atomic E-state index is -1.15. The van der Waals surface area contributed by atoms with Crippen LogP contribution in [0.25, 0.3) is 16.0 Å². The Morgan fingerprint density at radius 3 is 1.94 bits per heavy atom. The molecule has 456 valence electrons. The van der Waals surface area contributed by atoms with Crippen molar-refractivity contribution < 1.29 is 60.4 Å². The lowest BCUT2D eigenvalue weighted by Crippen LogP contribution is -2.27. The fourth-order valence-corrected chi connectivity index (χ4v) is 9.17. The predicted molar refractivity (Wildman–Crippen MR) is 320 cm³/mol. The molecule has 3 atom stereocenters. The summed E-state index contributed by atoms with van der Waals surface area (Å²) in [6.45, 7) is 12.6. The first-order chi connectivity index (χ1) is 42.5. The van der Waals surface area contributed by atoms with Crippen molar-refractivity contribution in [3.63, 3.8) is 0 Å². The number of ketones is 1. The number of nitrogen functional groups attached to an aromatic ring is 3. The number of Topliss-reactive ketones (excluding diaryl/α,β-unsaturated/α-hetero) is 1. The lowest BCUT2D eigenvalue weighted by Gasteiger charge is -2.22. The number of nitrogens with two attached hydrogens (primary N) is 3. The first-order valence-corrected chi connectivity index (χ1v) is 27.8. The number of hydrogen-bond acceptors (Lipinski definition) is 21. The van der Waals surface area contributed by atoms with E-state index in [0.717, 1.165) is 12.1 Å². The Hall–Kier alpha value is -10.7. The molecular formula is C60H51Br2F3N14O10. The molecule has 29 heteroatoms. The molecule has 7 heterocycles. The van der Waals surface area contributed by atoms with E-state index in [1.807, 2.05) is 12.1 Å². The Kier molecular flexibility index (Phi) is 22.3. The number of aryl methyl sites for hydroxylation is 1. The Morgan fingerprint density at radius 2 is 1.37 bits per heavy atom. The van der Waals surface area contributed by atoms with Crippen LogP contribution >= 0.6 is 31.9 Å². The number of halogens is 5. The second kappa shape index (κ2) is 30.1. The maximum Gasteiger partial charge on any atom is 0.336 e. The van der Waals surface area contributed by atoms with Crippen LogP contribution in [0, 0.1) is 46.7 Å². The molecule has 0 radical (unpaired) electrons. The van der Waals surface area contributed by atoms with Gasteiger partial charge in [0.25, 0.3) is 5.91 Å². The summed E-state index contributed by atoms with van der Waals surface area (Å²) < 4.78 is 75.0. The van der Waals surface area contributed by atoms with Crippen LogP contribution in [0.15, 0.2) is 126 Å². The van der Waals surface area contributed by atoms with Gasteiger partial charge in [-0.25, -0.2) is 32.9 Å². The van der Waals surface area contributed by atoms with E-state index in [2.05, 4.69) is 72.4 Å². The molecule has 9 aromatic rings. The van der Waals surface area contributed by atoms with Gasteiger partial charge in [-0.3, -0.25) is 14.1 Å². The van der Waals surface area contributed by atoms with E-state index in [0.29, 0.717) is 72.0 Å². The summed E-state index contributed by atoms with van der Waals surface area (Å²) in [7, 11) is 3.37. The molecule has 0 saturated heterocycles. The van der Waals surface area contributed by atoms with Crippen LogP contribution < -0.4 is 36.7 Å². The molecule has 6 aromatic heterocycles. The zero-order valence-corrected chi connectivity index (χ0v) is 50.8. The quantitative estimate of drug-likeness (QED) is 0.0709. The third-order valence-electron chi connectivity index (χ3n) is 12.8. The van der Waals surface area contributed by atoms with Crippen molar-refractivity contribution >= 4 is 72.8 Å². The number of aromatic carboxylic acids is 1. The molecule has 1 amide bonds. The van der Waals surface area contributed by atoms with E-state index in [4.69, 9.17) is 61.9 Å². The number of nitrogens with one attached hydrogen (secondary N) is 1. The lowest BCUT2D eigenvalue weighted by molar-refractivity contribution is 0.0690. The summed E-state index contributed by atoms with van der Waals surface area (Å²) >= 11 is 6.54. The Balaban J connectivity index is 0.000000178. The Labute approximate surface area is 522 Å². The monoisotopic (exact) mass is 1340 g/mol. The van der Waals surface area contributed by atoms with Crippen LogP contribution in [0.1, 0.15) is 122 Å². The van der Waals surface area contributed by atoms with Gasteiger partial charge in [0.05, 0.1) is 29.4 Å². The third-order valence-corrected chi connectivity index (χ3v) is 13.6. The average molecular weight is 1340 g/mol. The zero-order valence-electron chi connectivity index (χ0n) is 47.6. The fraction of sp³-hybridized carbons (Fsp3) is 0.200. The molecule has 0 spiro atoms. The van der Waals surface area contributed by atoms with Crippen LogP contribution in [-0.4, -0.2) is 72.2 Å². The molecule has 0 fully saturated rings. The van der Waals surface area contributed by atoms with Crippen LogP contribution in [0.2, 0.25) is 0 Å². The standard InChI is InChI=1S/C20H17BrFN5O3.C20H15FN4O3.C14H12BrFN2O3.C6H7N3O/c1-11(29-17-6-12(21)9-25-19(17)23)16-7-13(22)4-5-15(16)20(28)27(3)10-14-8-18(24-2)26-30-14;1-10-14-7-12(21)2-3-13(14)16(26)4-5-17-19(15(8-22)25-28-17)11-6-18(27-10)20(23)24-9-11;1-7(21-12-4-8(15)6-18-13(12)17)11-5-9(16)2-3-10(11)14(19)20;1-8-4-6-2-5(3-7)9-10-6/h4-9,11H,10H2,1,3H3,(H2,23,25);2-3,6-7,9-10H,4-5H2,1H3,(H2,23,24);2-7H,1H3,(H2,17,18)(H,19,20);2,8H,4H2,1H3/t11-;10-;7-;/m111./s1. The number of pyridine rings is 3. The van der Waals surface area contributed by atoms with Crippen molar-refractivity contribution in [1.29, 1.82) is 10.5 Å². The minimum absolute atomic E-state index is 0.0228. The SMILES string of the molecule is CNCc1cc(C#N)no1.C[C@@H](Oc1cc(Br)cnc1N)c1cc(F)ccc1C(=O)O.C[C@H]1Oc2cc(cnc2N)-c2c(C#N)noc2CCC(=O)c2ccc(F)cc21.[C-]#[N+]c1cc(CN(C)C(=O)c2ccc(F)cc2[C@@H](C)Oc2cc(Br)cnc2N)on1. The van der Waals surface area contributed by atoms with E-state index in [1.54, 1.807) is 59.1 Å². The molecule has 0 unspecified atom stereocenters. The van der Waals surface area contributed by atoms with Gasteiger partial charge in [0, 0.05) is 92.9 Å². The minimum Gasteiger partial charge on any atom is -0.482 e. The number of carboxylic acids is 1. The van der Waals surface area contributed by atoms with Gasteiger partial charge in [-0.15, -0.1) is 0 Å². The van der Waals surface area contributed by atoms with Gasteiger partial charge in [0.2, 0.25) is 0 Å². The highest BCUT2D eigenvalue weighted by Crippen LogP contribution is 2.37. The van der Waals surface area contributed by atoms with E-state index in [1.165, 1.54) is 72.0 Å². The first-order valence-electron chi connectivity index (χ1n) is 26.2. The Morgan fingerprint density at radius 1 is 0.787 bits per heavy atom. The normalized spacial score (nSPS) is 12.8. The van der Waals surface area contributed by atoms with E-state index in [-0.39, 0.29) is 88.2 Å². The van der Waals surface area contributed by atoms with Crippen LogP contribution in [0.4, 0.5) is 36.4 Å². The topological polar surface area (TPSA) is 361 Å². The van der Waals surface area contributed by atoms with Crippen molar-refractivity contribution in [2.24, 2.45) is 0 Å². The number of carboxylic acid groups (broad SMARTS) is 1. The second-order valence-electron chi connectivity index (χ2n) is 19.1. The highest BCUT2D eigenvalue weighted by atomic mass is 79.9. The summed E-state index contributed by atoms with van der Waals surface area (Å²) in [6.07, 6.45) is 2.83. The van der Waals surface area contributed by atoms with Crippen LogP contribution in [0.5, 0.6) is 17.2 Å². The Bertz CT molecular complexity index is 4200. The van der Waals surface area contributed by atoms with Crippen LogP contribution in [-0.2, 0) is 19.5 Å². The largest absolute Gasteiger partial charge is 0.482 e. The molecule has 0 aliphatic carbocycles. The molecule has 89 heavy (non-hydrogen) atoms. The summed E-state index contributed by atoms with van der Waals surface area (Å²) in [6, 6.07) is 23.1. The molecule has 3 aromatic carbocycles. The smallest absolute Gasteiger partial charge is 0.336 e. The maximum absolute atomic E-state index is 14.0. The van der Waals surface area contributed by atoms with Crippen molar-refractivity contribution in [2.75, 3.05) is 31.3 Å². The molecule has 1 aliphatic rings. The highest BCUT2D eigenvalue weighted by Gasteiger charge is 2.27. The number of fused-ring (bicyclic) bond motifs is 5. The summed E-state index contributed by atoms with van der Waals surface area (Å²) in [5.74, 6) is -0.369. The van der Waals surface area contributed by atoms with Crippen molar-refractivity contribution in [3.05, 3.63) is 203 Å². The van der Waals surface area contributed by atoms with Gasteiger partial charge in [-0.1, -0.05) is 16.9 Å². The number of carbonyl (C=O) groups excluding carboxylic acids is 2. The van der Waals surface area contributed by atoms with Gasteiger partial charge in [0.15, 0.2) is 63.4 Å². The molecule has 24 nitrogen and oxygen atoms in total. The fourth-order valence-electron chi connectivity index (χ4n) is 8.55. The number of aromatic nitrogens is 6. The predicted octanol–water partition coefficient (Wildman–Crippen LogP) is 11.8. The number of carbonyl (C=O) groups is 3. The molecular weight excluding hydrogens is 1290 g/mol. The van der Waals surface area contributed by atoms with Crippen molar-refractivity contribution in [3.8, 4) is 40.5 Å². The van der Waals surface area contributed by atoms with Crippen LogP contribution in [0.3, 0.4) is 0 Å². The van der Waals surface area contributed by atoms with Gasteiger partial charge >= 0.3 is 11.8 Å². The number of hydrogen-bond donors (Lipinski definition) is 5. The number of ether oxygens (including phenoxy) is 3. The summed E-state index contributed by atoms with van der Waals surface area (Å²) in [5.41, 5.74) is 20.5. The lowest BCUT2D eigenvalue weighted by atomic mass is 9.95. The number of amides is 1. The first kappa shape index (κ1) is 65.9. The number of nitriles is 2. The van der Waals surface area contributed by atoms with Crippen molar-refractivity contribution in [1.82, 2.24) is 40.6 Å². The van der Waals surface area contributed by atoms with E-state index in [9.17, 15) is 32.8 Å². The van der Waals surface area contributed by atoms with Gasteiger partial charge in [0.1, 0.15) is 53.7 Å². The van der Waals surface area contributed by atoms with Gasteiger partial charge < -0.3 is 60.6 Å². The number of anilines is 3. The van der Waals surface area contributed by atoms with E-state index < -0.39 is 41.7 Å². The second-order valence-corrected chi connectivity index (χ2v) is 20.9. The summed E-state index contributed by atoms with van der Waals surface area (Å²) in [5, 5.41) is 40.5. The molecule has 1 aliphatic heterocycles. The van der Waals surface area contributed by atoms with E-state index >= 15 is 0 Å². The third kappa shape index (κ3) is 17.1. The average Bonchev–Trinajstić information content (AvgIpc) is 2.15. The molecule has 0 saturated carbocycles. The molecule has 10 rings (SSSR count). The number of nitrogens with zero attached hydrogens (tertiary/aromatic N) is 10. The zero-order chi connectivity index (χ0) is 64.6. The highest BCUT2D eigenvalue weighted by molar-refractivity contribution is 9.10.